The van der Waals surface area contributed by atoms with Gasteiger partial charge in [0.05, 0.1) is 0 Å². The van der Waals surface area contributed by atoms with E-state index in [0.717, 1.165) is 6.42 Å². The van der Waals surface area contributed by atoms with Crippen LogP contribution in [0.15, 0.2) is 18.2 Å². The molecule has 0 nitrogen and oxygen atoms in total. The smallest absolute Gasteiger partial charge is 0.273 e. The Hall–Kier alpha value is 0.723. The van der Waals surface area contributed by atoms with Crippen LogP contribution < -0.4 is 0 Å². The second-order valence-corrected chi connectivity index (χ2v) is 5.10. The van der Waals surface area contributed by atoms with E-state index in [0.29, 0.717) is 0 Å². The van der Waals surface area contributed by atoms with Crippen molar-refractivity contribution in [3.8, 4) is 0 Å². The summed E-state index contributed by atoms with van der Waals surface area (Å²) >= 11 is 0. The Morgan fingerprint density at radius 2 is 1.82 bits per heavy atom. The first-order chi connectivity index (χ1) is 6.63. The third-order valence-corrected chi connectivity index (χ3v) is 3.91. The molecule has 1 aromatic heterocycles. The van der Waals surface area contributed by atoms with E-state index in [4.69, 9.17) is 0 Å². The molecule has 94 valence electrons. The fraction of sp³-hybridized carbons (Fsp3) is 0.385. The molecule has 1 aliphatic rings. The largest absolute Gasteiger partial charge is 2.00 e. The minimum Gasteiger partial charge on any atom is -0.273 e. The minimum absolute atomic E-state index is 0. The van der Waals surface area contributed by atoms with E-state index >= 15 is 0 Å². The van der Waals surface area contributed by atoms with Gasteiger partial charge in [-0.05, 0) is 0 Å². The van der Waals surface area contributed by atoms with E-state index in [-0.39, 0.29) is 51.0 Å². The molecule has 0 amide bonds. The van der Waals surface area contributed by atoms with Gasteiger partial charge in [0, 0.05) is 0 Å². The summed E-state index contributed by atoms with van der Waals surface area (Å²) in [6.45, 7) is 8.82. The zero-order chi connectivity index (χ0) is 10.6. The maximum atomic E-state index is 2.99. The summed E-state index contributed by atoms with van der Waals surface area (Å²) in [7, 11) is 1.44. The van der Waals surface area contributed by atoms with Crippen molar-refractivity contribution in [1.82, 2.24) is 0 Å². The molecule has 0 fully saturated rings. The first-order valence-electron chi connectivity index (χ1n) is 4.91. The number of halogens is 2. The molecule has 2 rings (SSSR count). The third kappa shape index (κ3) is 7.68. The Balaban J connectivity index is -0.000000216. The van der Waals surface area contributed by atoms with Gasteiger partial charge in [-0.15, -0.1) is 36.5 Å². The molecule has 0 aromatic carbocycles. The third-order valence-electron chi connectivity index (χ3n) is 2.57. The molecule has 1 aliphatic carbocycles. The van der Waals surface area contributed by atoms with Crippen molar-refractivity contribution in [2.24, 2.45) is 0 Å². The average Bonchev–Trinajstić information content (AvgIpc) is 2.78. The molecule has 0 saturated heterocycles. The zero-order valence-electron chi connectivity index (χ0n) is 10.7. The fourth-order valence-electron chi connectivity index (χ4n) is 1.30. The van der Waals surface area contributed by atoms with Gasteiger partial charge in [0.15, 0.2) is 0 Å². The molecular weight excluding hydrogens is 349 g/mol. The fourth-order valence-corrected chi connectivity index (χ4v) is 2.48. The van der Waals surface area contributed by atoms with E-state index in [1.165, 1.54) is 29.9 Å². The second-order valence-electron chi connectivity index (χ2n) is 3.54. The van der Waals surface area contributed by atoms with Gasteiger partial charge in [-0.25, -0.2) is 20.3 Å². The minimum atomic E-state index is 0. The van der Waals surface area contributed by atoms with E-state index in [1.807, 2.05) is 12.2 Å². The summed E-state index contributed by atoms with van der Waals surface area (Å²) in [5.74, 6) is 0. The quantitative estimate of drug-likeness (QED) is 0.541. The molecule has 1 aromatic rings. The Morgan fingerprint density at radius 1 is 1.24 bits per heavy atom. The Labute approximate surface area is 138 Å². The van der Waals surface area contributed by atoms with E-state index in [2.05, 4.69) is 39.8 Å². The van der Waals surface area contributed by atoms with Gasteiger partial charge in [-0.3, -0.25) is 6.08 Å². The van der Waals surface area contributed by atoms with Crippen molar-refractivity contribution in [2.75, 3.05) is 0 Å². The van der Waals surface area contributed by atoms with Crippen molar-refractivity contribution in [3.63, 3.8) is 0 Å². The molecule has 0 unspecified atom stereocenters. The number of allylic oxidation sites excluding steroid dienone is 4. The van der Waals surface area contributed by atoms with Crippen LogP contribution in [0.4, 0.5) is 0 Å². The van der Waals surface area contributed by atoms with Crippen molar-refractivity contribution in [2.45, 2.75) is 34.1 Å². The van der Waals surface area contributed by atoms with Gasteiger partial charge < -0.3 is 0 Å². The predicted molar refractivity (Wildman–Crippen MR) is 79.6 cm³/mol. The van der Waals surface area contributed by atoms with Gasteiger partial charge >= 0.3 is 26.2 Å². The van der Waals surface area contributed by atoms with Crippen LogP contribution in [0.3, 0.4) is 0 Å². The standard InChI is InChI=1S/C8H12P.C5H5.2ClH.Zr/c1-5-6(2)8(4)9-7(5)3;1-2-4-5-3-1;;;/h1-4H3;1-3H,4H2;2*1H;/q2*-1;;;+2. The van der Waals surface area contributed by atoms with Gasteiger partial charge in [0.2, 0.25) is 0 Å². The summed E-state index contributed by atoms with van der Waals surface area (Å²) < 4.78 is 0. The van der Waals surface area contributed by atoms with Crippen LogP contribution in [0.25, 0.3) is 0 Å². The van der Waals surface area contributed by atoms with E-state index < -0.39 is 0 Å². The number of aryl methyl sites for hydroxylation is 2. The van der Waals surface area contributed by atoms with E-state index in [9.17, 15) is 0 Å². The maximum absolute atomic E-state index is 2.99. The van der Waals surface area contributed by atoms with Crippen LogP contribution in [-0.4, -0.2) is 0 Å². The molecule has 0 spiro atoms. The molecule has 0 bridgehead atoms. The van der Waals surface area contributed by atoms with Crippen LogP contribution in [0.1, 0.15) is 28.1 Å². The van der Waals surface area contributed by atoms with Gasteiger partial charge in [0.1, 0.15) is 0 Å². The van der Waals surface area contributed by atoms with Gasteiger partial charge in [-0.1, -0.05) is 27.7 Å². The summed E-state index contributed by atoms with van der Waals surface area (Å²) in [5.41, 5.74) is 2.99. The molecular formula is C13H19Cl2PZr. The Kier molecular flexibility index (Phi) is 15.9. The molecule has 0 atom stereocenters. The molecule has 0 aliphatic heterocycles. The first-order valence-corrected chi connectivity index (χ1v) is 5.81. The van der Waals surface area contributed by atoms with Crippen LogP contribution in [0, 0.1) is 33.8 Å². The van der Waals surface area contributed by atoms with Crippen LogP contribution >= 0.6 is 33.0 Å². The van der Waals surface area contributed by atoms with Crippen molar-refractivity contribution in [3.05, 3.63) is 46.0 Å². The predicted octanol–water partition coefficient (Wildman–Crippen LogP) is 5.37. The monoisotopic (exact) mass is 366 g/mol. The van der Waals surface area contributed by atoms with Crippen LogP contribution in [-0.2, 0) is 26.2 Å². The van der Waals surface area contributed by atoms with Crippen molar-refractivity contribution < 1.29 is 26.2 Å². The molecule has 0 saturated carbocycles. The zero-order valence-corrected chi connectivity index (χ0v) is 15.7. The Morgan fingerprint density at radius 3 is 1.94 bits per heavy atom. The van der Waals surface area contributed by atoms with E-state index in [1.54, 1.807) is 0 Å². The number of hydrogen-bond acceptors (Lipinski definition) is 0. The second kappa shape index (κ2) is 11.8. The molecule has 1 heterocycles. The summed E-state index contributed by atoms with van der Waals surface area (Å²) in [6.07, 6.45) is 10.0. The number of hydrogen-bond donors (Lipinski definition) is 0. The van der Waals surface area contributed by atoms with Gasteiger partial charge in [0.25, 0.3) is 0 Å². The molecule has 4 heteroatoms. The van der Waals surface area contributed by atoms with Crippen molar-refractivity contribution in [1.29, 1.82) is 0 Å². The summed E-state index contributed by atoms with van der Waals surface area (Å²) in [6, 6.07) is 0. The topological polar surface area (TPSA) is 0 Å². The van der Waals surface area contributed by atoms with Crippen LogP contribution in [0.2, 0.25) is 0 Å². The average molecular weight is 368 g/mol. The summed E-state index contributed by atoms with van der Waals surface area (Å²) in [4.78, 5) is 0. The molecule has 0 N–H and O–H groups in total. The molecule has 17 heavy (non-hydrogen) atoms. The normalized spacial score (nSPS) is 11.1. The number of rotatable bonds is 0. The Bertz CT molecular complexity index is 335. The molecule has 0 radical (unpaired) electrons. The van der Waals surface area contributed by atoms with Crippen LogP contribution in [0.5, 0.6) is 0 Å². The summed E-state index contributed by atoms with van der Waals surface area (Å²) in [5, 5.41) is 3.04. The SMILES string of the molecule is Cc1p[c-](C)c(C)c1C.Cl.Cl.[C-]1=CC=CC1.[Zr+2]. The maximum Gasteiger partial charge on any atom is 2.00 e. The van der Waals surface area contributed by atoms with Crippen molar-refractivity contribution >= 4 is 33.0 Å². The van der Waals surface area contributed by atoms with Gasteiger partial charge in [-0.2, -0.15) is 22.5 Å². The first kappa shape index (κ1) is 22.9.